The van der Waals surface area contributed by atoms with Crippen molar-refractivity contribution in [2.24, 2.45) is 5.41 Å². The van der Waals surface area contributed by atoms with Gasteiger partial charge in [0.25, 0.3) is 5.91 Å². The molecule has 1 spiro atoms. The minimum absolute atomic E-state index is 0.0209. The first-order chi connectivity index (χ1) is 20.8. The number of thiazole rings is 1. The van der Waals surface area contributed by atoms with Crippen LogP contribution in [0.5, 0.6) is 0 Å². The molecule has 0 radical (unpaired) electrons. The van der Waals surface area contributed by atoms with Gasteiger partial charge in [-0.3, -0.25) is 4.79 Å². The Bertz CT molecular complexity index is 1740. The molecule has 3 aliphatic carbocycles. The number of anilines is 1. The molecule has 8 rings (SSSR count). The van der Waals surface area contributed by atoms with Crippen LogP contribution in [0.2, 0.25) is 0 Å². The summed E-state index contributed by atoms with van der Waals surface area (Å²) in [4.78, 5) is 19.5. The monoisotopic (exact) mass is 619 g/mol. The van der Waals surface area contributed by atoms with E-state index in [1.165, 1.54) is 58.1 Å². The quantitative estimate of drug-likeness (QED) is 0.303. The third-order valence-electron chi connectivity index (χ3n) is 9.50. The molecule has 1 saturated heterocycles. The van der Waals surface area contributed by atoms with Crippen LogP contribution in [0.1, 0.15) is 92.1 Å². The van der Waals surface area contributed by atoms with Crippen molar-refractivity contribution in [1.82, 2.24) is 20.2 Å². The number of nitrogens with one attached hydrogen (secondary N) is 2. The average molecular weight is 620 g/mol. The van der Waals surface area contributed by atoms with Gasteiger partial charge < -0.3 is 19.3 Å². The molecule has 1 atom stereocenters. The Balaban J connectivity index is 0.998. The number of carbonyl (C=O) groups excluding carboxylic acids is 1. The van der Waals surface area contributed by atoms with Crippen molar-refractivity contribution in [2.75, 3.05) is 24.5 Å². The summed E-state index contributed by atoms with van der Waals surface area (Å²) < 4.78 is 36.3. The average Bonchev–Trinajstić information content (AvgIpc) is 3.91. The van der Waals surface area contributed by atoms with Crippen molar-refractivity contribution < 1.29 is 18.3 Å². The maximum absolute atomic E-state index is 15.0. The lowest BCUT2D eigenvalue weighted by molar-refractivity contribution is 0.0981. The number of hydrogen-bond donors (Lipinski definition) is 2. The van der Waals surface area contributed by atoms with Gasteiger partial charge in [0, 0.05) is 61.3 Å². The first kappa shape index (κ1) is 27.4. The van der Waals surface area contributed by atoms with Gasteiger partial charge in [0.1, 0.15) is 22.2 Å². The molecule has 5 aliphatic rings. The highest BCUT2D eigenvalue weighted by atomic mass is 32.2. The highest BCUT2D eigenvalue weighted by molar-refractivity contribution is 7.91. The van der Waals surface area contributed by atoms with Crippen molar-refractivity contribution in [3.05, 3.63) is 64.0 Å². The lowest BCUT2D eigenvalue weighted by Gasteiger charge is -2.46. The molecule has 0 bridgehead atoms. The zero-order chi connectivity index (χ0) is 29.5. The standard InChI is InChI=1S/C32H34FN5O3S2/c1-17-15-34-16-18(2)25(17)28-26(29(41-36-28)19-3-4-19)21-13-32(14-21)7-9-38(10-8-32)31-35-27-23(33)11-20(12-24(27)42-31)30(39)37-43(40)22-5-6-22/h11-13,15,19,22,34H,3-10,14,16H2,1-2H3,(H,37,39). The zero-order valence-electron chi connectivity index (χ0n) is 24.3. The maximum atomic E-state index is 15.0. The molecule has 1 amide bonds. The number of amides is 1. The van der Waals surface area contributed by atoms with Gasteiger partial charge >= 0.3 is 0 Å². The number of benzene rings is 1. The van der Waals surface area contributed by atoms with Crippen LogP contribution in [-0.2, 0) is 11.4 Å². The van der Waals surface area contributed by atoms with Gasteiger partial charge in [0.2, 0.25) is 0 Å². The van der Waals surface area contributed by atoms with Crippen molar-refractivity contribution in [1.29, 1.82) is 0 Å². The molecule has 1 unspecified atom stereocenters. The van der Waals surface area contributed by atoms with Gasteiger partial charge in [-0.2, -0.15) is 4.72 Å². The van der Waals surface area contributed by atoms with E-state index in [9.17, 15) is 9.35 Å². The molecule has 1 aromatic carbocycles. The molecule has 8 nitrogen and oxygen atoms in total. The smallest absolute Gasteiger partial charge is 0.292 e. The molecule has 2 N–H and O–H groups in total. The van der Waals surface area contributed by atoms with Crippen molar-refractivity contribution >= 4 is 55.1 Å². The number of allylic oxidation sites excluding steroid dienone is 4. The molecular formula is C32H34FN5O3S2. The Labute approximate surface area is 256 Å². The summed E-state index contributed by atoms with van der Waals surface area (Å²) in [6.07, 6.45) is 11.6. The van der Waals surface area contributed by atoms with Crippen LogP contribution in [0.3, 0.4) is 0 Å². The summed E-state index contributed by atoms with van der Waals surface area (Å²) in [6.45, 7) is 6.79. The number of fused-ring (bicyclic) bond motifs is 1. The number of hydrogen-bond acceptors (Lipinski definition) is 8. The van der Waals surface area contributed by atoms with Gasteiger partial charge in [0.05, 0.1) is 16.1 Å². The summed E-state index contributed by atoms with van der Waals surface area (Å²) >= 11 is -0.00667. The van der Waals surface area contributed by atoms with Crippen molar-refractivity contribution in [2.45, 2.75) is 70.0 Å². The zero-order valence-corrected chi connectivity index (χ0v) is 25.9. The highest BCUT2D eigenvalue weighted by Gasteiger charge is 2.44. The van der Waals surface area contributed by atoms with Crippen LogP contribution in [0.15, 0.2) is 40.1 Å². The number of carbonyl (C=O) groups is 1. The Kier molecular flexibility index (Phi) is 6.50. The van der Waals surface area contributed by atoms with Gasteiger partial charge in [0.15, 0.2) is 10.9 Å². The second kappa shape index (κ2) is 10.2. The van der Waals surface area contributed by atoms with Gasteiger partial charge in [-0.25, -0.2) is 9.37 Å². The van der Waals surface area contributed by atoms with E-state index in [0.29, 0.717) is 10.6 Å². The molecule has 11 heteroatoms. The van der Waals surface area contributed by atoms with E-state index in [1.807, 2.05) is 0 Å². The van der Waals surface area contributed by atoms with E-state index >= 15 is 4.39 Å². The van der Waals surface area contributed by atoms with E-state index < -0.39 is 23.1 Å². The Morgan fingerprint density at radius 2 is 2.00 bits per heavy atom. The predicted octanol–water partition coefficient (Wildman–Crippen LogP) is 6.21. The second-order valence-electron chi connectivity index (χ2n) is 12.8. The lowest BCUT2D eigenvalue weighted by atomic mass is 9.63. The second-order valence-corrected chi connectivity index (χ2v) is 15.3. The van der Waals surface area contributed by atoms with E-state index in [4.69, 9.17) is 4.52 Å². The van der Waals surface area contributed by atoms with Gasteiger partial charge in [-0.15, -0.1) is 0 Å². The Morgan fingerprint density at radius 3 is 2.70 bits per heavy atom. The third-order valence-corrected chi connectivity index (χ3v) is 12.0. The van der Waals surface area contributed by atoms with E-state index in [0.717, 1.165) is 68.3 Å². The Hall–Kier alpha value is -3.15. The molecule has 2 aromatic heterocycles. The highest BCUT2D eigenvalue weighted by Crippen LogP contribution is 2.56. The van der Waals surface area contributed by atoms with Crippen LogP contribution in [0.4, 0.5) is 9.52 Å². The number of aromatic nitrogens is 2. The van der Waals surface area contributed by atoms with Crippen molar-refractivity contribution in [3.8, 4) is 0 Å². The van der Waals surface area contributed by atoms with Crippen LogP contribution in [-0.4, -0.2) is 45.5 Å². The topological polar surface area (TPSA) is 106 Å². The number of nitrogens with zero attached hydrogens (tertiary/aromatic N) is 3. The van der Waals surface area contributed by atoms with Crippen LogP contribution < -0.4 is 14.9 Å². The van der Waals surface area contributed by atoms with Gasteiger partial charge in [-0.1, -0.05) is 22.6 Å². The van der Waals surface area contributed by atoms with Crippen LogP contribution >= 0.6 is 11.3 Å². The summed E-state index contributed by atoms with van der Waals surface area (Å²) in [6, 6.07) is 2.86. The molecule has 3 aromatic rings. The minimum Gasteiger partial charge on any atom is -0.593 e. The molecule has 224 valence electrons. The first-order valence-electron chi connectivity index (χ1n) is 15.2. The molecule has 2 saturated carbocycles. The van der Waals surface area contributed by atoms with E-state index in [-0.39, 0.29) is 21.7 Å². The largest absolute Gasteiger partial charge is 0.593 e. The maximum Gasteiger partial charge on any atom is 0.292 e. The predicted molar refractivity (Wildman–Crippen MR) is 168 cm³/mol. The number of dihydropyridines is 1. The molecule has 43 heavy (non-hydrogen) atoms. The fourth-order valence-corrected chi connectivity index (χ4v) is 8.86. The molecular weight excluding hydrogens is 586 g/mol. The summed E-state index contributed by atoms with van der Waals surface area (Å²) in [7, 11) is 0. The van der Waals surface area contributed by atoms with E-state index in [2.05, 4.69) is 51.2 Å². The summed E-state index contributed by atoms with van der Waals surface area (Å²) in [5.41, 5.74) is 7.87. The van der Waals surface area contributed by atoms with Crippen molar-refractivity contribution in [3.63, 3.8) is 0 Å². The molecule has 3 fully saturated rings. The third kappa shape index (κ3) is 4.89. The minimum atomic E-state index is -1.42. The molecule has 4 heterocycles. The van der Waals surface area contributed by atoms with Crippen LogP contribution in [0.25, 0.3) is 21.4 Å². The number of halogens is 1. The van der Waals surface area contributed by atoms with Gasteiger partial charge in [-0.05, 0) is 80.2 Å². The number of rotatable bonds is 7. The normalized spacial score (nSPS) is 22.3. The van der Waals surface area contributed by atoms with Crippen LogP contribution in [0, 0.1) is 11.2 Å². The lowest BCUT2D eigenvalue weighted by Crippen LogP contribution is -2.42. The van der Waals surface area contributed by atoms with E-state index in [1.54, 1.807) is 6.07 Å². The fourth-order valence-electron chi connectivity index (χ4n) is 6.76. The number of piperidine rings is 1. The summed E-state index contributed by atoms with van der Waals surface area (Å²) in [5, 5.41) is 8.78. The first-order valence-corrected chi connectivity index (χ1v) is 17.2. The fraction of sp³-hybridized carbons (Fsp3) is 0.469. The SMILES string of the molecule is CC1=CNCC(C)=C1c1noc(C2CC2)c1C1=CC2(CCN(c3nc4c(F)cc(C(=O)N[S+]([O-])C5CC5)cc4s3)CC2)C1. The molecule has 2 aliphatic heterocycles. The summed E-state index contributed by atoms with van der Waals surface area (Å²) in [5.74, 6) is 0.506. The Morgan fingerprint density at radius 1 is 1.23 bits per heavy atom.